The van der Waals surface area contributed by atoms with E-state index in [4.69, 9.17) is 14.7 Å². The fourth-order valence-corrected chi connectivity index (χ4v) is 8.04. The van der Waals surface area contributed by atoms with Crippen molar-refractivity contribution in [3.63, 3.8) is 0 Å². The Hall–Kier alpha value is -6.92. The van der Waals surface area contributed by atoms with Gasteiger partial charge in [0.25, 0.3) is 0 Å². The average Bonchev–Trinajstić information content (AvgIpc) is 3.80. The van der Waals surface area contributed by atoms with Crippen molar-refractivity contribution in [3.05, 3.63) is 175 Å². The Morgan fingerprint density at radius 3 is 2.18 bits per heavy atom. The molecule has 0 N–H and O–H groups in total. The Kier molecular flexibility index (Phi) is 5.92. The standard InChI is InChI=1S/C45H29N5O/c1-2-11-31(12-3-1)49-41-18-7-5-16-37(41)38-25-30-24-29-10-9-21-46-44(29)50(42(30)28-43(38)49)32-13-8-14-33(26-32)51-34-19-20-35-36-15-4-6-17-40(36)48-23-22-47-45(48)39(35)27-34/h1-23,25-28H,24H2. The van der Waals surface area contributed by atoms with Gasteiger partial charge in [-0.25, -0.2) is 9.97 Å². The lowest BCUT2D eigenvalue weighted by molar-refractivity contribution is 0.483. The molecule has 0 bridgehead atoms. The number of ether oxygens (including phenoxy) is 1. The molecule has 6 nitrogen and oxygen atoms in total. The van der Waals surface area contributed by atoms with Crippen LogP contribution in [0.5, 0.6) is 11.5 Å². The Bertz CT molecular complexity index is 3000. The van der Waals surface area contributed by atoms with Crippen molar-refractivity contribution in [1.82, 2.24) is 18.9 Å². The molecule has 0 saturated heterocycles. The number of hydrogen-bond acceptors (Lipinski definition) is 4. The predicted molar refractivity (Wildman–Crippen MR) is 206 cm³/mol. The van der Waals surface area contributed by atoms with Gasteiger partial charge in [0.2, 0.25) is 0 Å². The van der Waals surface area contributed by atoms with E-state index >= 15 is 0 Å². The van der Waals surface area contributed by atoms with Crippen molar-refractivity contribution in [2.75, 3.05) is 4.90 Å². The van der Waals surface area contributed by atoms with E-state index in [0.29, 0.717) is 0 Å². The maximum Gasteiger partial charge on any atom is 0.145 e. The van der Waals surface area contributed by atoms with Crippen LogP contribution in [0.4, 0.5) is 17.2 Å². The molecule has 51 heavy (non-hydrogen) atoms. The number of benzene rings is 6. The zero-order valence-electron chi connectivity index (χ0n) is 27.4. The van der Waals surface area contributed by atoms with E-state index in [1.54, 1.807) is 0 Å². The van der Waals surface area contributed by atoms with Crippen LogP contribution in [0.25, 0.3) is 54.8 Å². The smallest absolute Gasteiger partial charge is 0.145 e. The third-order valence-electron chi connectivity index (χ3n) is 10.2. The van der Waals surface area contributed by atoms with Crippen molar-refractivity contribution in [2.45, 2.75) is 6.42 Å². The summed E-state index contributed by atoms with van der Waals surface area (Å²) >= 11 is 0. The molecule has 4 aromatic heterocycles. The number of pyridine rings is 2. The lowest BCUT2D eigenvalue weighted by atomic mass is 9.95. The summed E-state index contributed by atoms with van der Waals surface area (Å²) in [6.45, 7) is 0. The number of anilines is 3. The van der Waals surface area contributed by atoms with Gasteiger partial charge in [0, 0.05) is 58.3 Å². The number of aromatic nitrogens is 4. The summed E-state index contributed by atoms with van der Waals surface area (Å²) in [6, 6.07) is 51.3. The van der Waals surface area contributed by atoms with Crippen LogP contribution in [0.3, 0.4) is 0 Å². The third kappa shape index (κ3) is 4.23. The number of fused-ring (bicyclic) bond motifs is 11. The van der Waals surface area contributed by atoms with Crippen molar-refractivity contribution < 1.29 is 4.74 Å². The molecular weight excluding hydrogens is 627 g/mol. The summed E-state index contributed by atoms with van der Waals surface area (Å²) in [5.41, 5.74) is 10.1. The van der Waals surface area contributed by atoms with Gasteiger partial charge in [-0.2, -0.15) is 0 Å². The molecule has 0 atom stereocenters. The molecule has 0 fully saturated rings. The van der Waals surface area contributed by atoms with Gasteiger partial charge in [-0.15, -0.1) is 0 Å². The summed E-state index contributed by atoms with van der Waals surface area (Å²) in [4.78, 5) is 11.9. The predicted octanol–water partition coefficient (Wildman–Crippen LogP) is 11.3. The van der Waals surface area contributed by atoms with Gasteiger partial charge in [-0.05, 0) is 89.3 Å². The van der Waals surface area contributed by atoms with Crippen LogP contribution >= 0.6 is 0 Å². The lowest BCUT2D eigenvalue weighted by Gasteiger charge is -2.32. The molecule has 10 aromatic rings. The normalized spacial score (nSPS) is 12.6. The van der Waals surface area contributed by atoms with Crippen LogP contribution in [0.2, 0.25) is 0 Å². The fraction of sp³-hybridized carbons (Fsp3) is 0.0222. The SMILES string of the molecule is c1ccc(-n2c3ccccc3c3cc4c(cc32)N(c2cccc(Oc3ccc5c6ccccc6n6ccnc6c5c3)c2)c2ncccc2C4)cc1. The molecule has 6 heteroatoms. The monoisotopic (exact) mass is 655 g/mol. The molecule has 11 rings (SSSR count). The summed E-state index contributed by atoms with van der Waals surface area (Å²) < 4.78 is 11.1. The minimum absolute atomic E-state index is 0.746. The maximum atomic E-state index is 6.63. The van der Waals surface area contributed by atoms with E-state index < -0.39 is 0 Å². The van der Waals surface area contributed by atoms with Gasteiger partial charge in [0.1, 0.15) is 23.0 Å². The highest BCUT2D eigenvalue weighted by Gasteiger charge is 2.27. The Morgan fingerprint density at radius 1 is 0.490 bits per heavy atom. The quantitative estimate of drug-likeness (QED) is 0.177. The molecule has 6 aromatic carbocycles. The van der Waals surface area contributed by atoms with Gasteiger partial charge in [0.05, 0.1) is 27.9 Å². The largest absolute Gasteiger partial charge is 0.457 e. The maximum absolute atomic E-state index is 6.63. The van der Waals surface area contributed by atoms with E-state index in [2.05, 4.69) is 141 Å². The lowest BCUT2D eigenvalue weighted by Crippen LogP contribution is -2.20. The third-order valence-corrected chi connectivity index (χ3v) is 10.2. The highest BCUT2D eigenvalue weighted by molar-refractivity contribution is 6.12. The van der Waals surface area contributed by atoms with Gasteiger partial charge in [-0.3, -0.25) is 9.30 Å². The molecule has 240 valence electrons. The zero-order chi connectivity index (χ0) is 33.5. The molecule has 0 saturated carbocycles. The second-order valence-electron chi connectivity index (χ2n) is 13.1. The van der Waals surface area contributed by atoms with Crippen LogP contribution in [0, 0.1) is 0 Å². The van der Waals surface area contributed by atoms with Crippen molar-refractivity contribution >= 4 is 66.3 Å². The van der Waals surface area contributed by atoms with Crippen LogP contribution in [0.1, 0.15) is 11.1 Å². The van der Waals surface area contributed by atoms with Crippen molar-refractivity contribution in [1.29, 1.82) is 0 Å². The highest BCUT2D eigenvalue weighted by atomic mass is 16.5. The first-order valence-corrected chi connectivity index (χ1v) is 17.2. The first kappa shape index (κ1) is 28.0. The first-order chi connectivity index (χ1) is 25.3. The van der Waals surface area contributed by atoms with E-state index in [-0.39, 0.29) is 0 Å². The van der Waals surface area contributed by atoms with Crippen molar-refractivity contribution in [2.24, 2.45) is 0 Å². The highest BCUT2D eigenvalue weighted by Crippen LogP contribution is 2.47. The molecule has 0 spiro atoms. The van der Waals surface area contributed by atoms with E-state index in [1.165, 1.54) is 32.8 Å². The van der Waals surface area contributed by atoms with E-state index in [0.717, 1.165) is 68.3 Å². The topological polar surface area (TPSA) is 47.6 Å². The zero-order valence-corrected chi connectivity index (χ0v) is 27.4. The Labute approximate surface area is 293 Å². The van der Waals surface area contributed by atoms with Crippen LogP contribution in [-0.2, 0) is 6.42 Å². The summed E-state index contributed by atoms with van der Waals surface area (Å²) in [6.07, 6.45) is 6.56. The van der Waals surface area contributed by atoms with E-state index in [1.807, 2.05) is 36.8 Å². The Balaban J connectivity index is 1.06. The molecule has 1 aliphatic rings. The summed E-state index contributed by atoms with van der Waals surface area (Å²) in [5, 5.41) is 5.87. The van der Waals surface area contributed by atoms with E-state index in [9.17, 15) is 0 Å². The number of rotatable bonds is 4. The molecule has 0 amide bonds. The van der Waals surface area contributed by atoms with Gasteiger partial charge < -0.3 is 9.30 Å². The number of nitrogens with zero attached hydrogens (tertiary/aromatic N) is 5. The summed E-state index contributed by atoms with van der Waals surface area (Å²) in [5.74, 6) is 2.44. The van der Waals surface area contributed by atoms with Crippen LogP contribution in [-0.4, -0.2) is 18.9 Å². The fourth-order valence-electron chi connectivity index (χ4n) is 8.04. The first-order valence-electron chi connectivity index (χ1n) is 17.2. The molecule has 0 radical (unpaired) electrons. The van der Waals surface area contributed by atoms with Gasteiger partial charge in [-0.1, -0.05) is 66.7 Å². The number of para-hydroxylation sites is 3. The van der Waals surface area contributed by atoms with Gasteiger partial charge >= 0.3 is 0 Å². The molecule has 5 heterocycles. The second-order valence-corrected chi connectivity index (χ2v) is 13.1. The van der Waals surface area contributed by atoms with Crippen LogP contribution in [0.15, 0.2) is 164 Å². The minimum Gasteiger partial charge on any atom is -0.457 e. The summed E-state index contributed by atoms with van der Waals surface area (Å²) in [7, 11) is 0. The number of hydrogen-bond donors (Lipinski definition) is 0. The molecule has 0 unspecified atom stereocenters. The van der Waals surface area contributed by atoms with Crippen molar-refractivity contribution in [3.8, 4) is 17.2 Å². The molecular formula is C45H29N5O. The second kappa shape index (κ2) is 10.8. The Morgan fingerprint density at radius 2 is 1.27 bits per heavy atom. The minimum atomic E-state index is 0.746. The molecule has 0 aliphatic carbocycles. The average molecular weight is 656 g/mol. The van der Waals surface area contributed by atoms with Crippen LogP contribution < -0.4 is 9.64 Å². The molecule has 1 aliphatic heterocycles. The van der Waals surface area contributed by atoms with Gasteiger partial charge in [0.15, 0.2) is 0 Å². The number of imidazole rings is 1.